The average Bonchev–Trinajstić information content (AvgIpc) is 3.65. The molecule has 11 nitrogen and oxygen atoms in total. The molecule has 194 valence electrons. The molecule has 2 aliphatic heterocycles. The lowest BCUT2D eigenvalue weighted by Gasteiger charge is -2.38. The van der Waals surface area contributed by atoms with E-state index in [1.807, 2.05) is 18.7 Å². The highest BCUT2D eigenvalue weighted by molar-refractivity contribution is 7.92. The maximum absolute atomic E-state index is 12.5. The maximum atomic E-state index is 12.5. The van der Waals surface area contributed by atoms with Gasteiger partial charge >= 0.3 is 6.09 Å². The van der Waals surface area contributed by atoms with Crippen LogP contribution in [0, 0.1) is 0 Å². The van der Waals surface area contributed by atoms with Gasteiger partial charge in [0.25, 0.3) is 11.8 Å². The van der Waals surface area contributed by atoms with Gasteiger partial charge in [-0.1, -0.05) is 0 Å². The van der Waals surface area contributed by atoms with Crippen LogP contribution in [0.5, 0.6) is 23.3 Å². The van der Waals surface area contributed by atoms with Gasteiger partial charge in [-0.2, -0.15) is 9.97 Å². The van der Waals surface area contributed by atoms with Gasteiger partial charge in [-0.05, 0) is 51.7 Å². The Bertz CT molecular complexity index is 1200. The first-order valence-corrected chi connectivity index (χ1v) is 13.7. The van der Waals surface area contributed by atoms with E-state index in [1.165, 1.54) is 31.8 Å². The summed E-state index contributed by atoms with van der Waals surface area (Å²) in [6.07, 6.45) is 6.56. The lowest BCUT2D eigenvalue weighted by Crippen LogP contribution is -2.49. The number of hydrogen-bond acceptors (Lipinski definition) is 10. The van der Waals surface area contributed by atoms with Gasteiger partial charge in [-0.15, -0.1) is 0 Å². The highest BCUT2D eigenvalue weighted by Crippen LogP contribution is 2.41. The van der Waals surface area contributed by atoms with Gasteiger partial charge in [0.2, 0.25) is 5.75 Å². The smallest absolute Gasteiger partial charge is 0.410 e. The molecule has 2 aromatic heterocycles. The number of rotatable bonds is 8. The van der Waals surface area contributed by atoms with E-state index in [1.54, 1.807) is 0 Å². The van der Waals surface area contributed by atoms with E-state index >= 15 is 0 Å². The molecule has 2 unspecified atom stereocenters. The van der Waals surface area contributed by atoms with Gasteiger partial charge in [-0.25, -0.2) is 18.2 Å². The molecule has 2 aromatic rings. The van der Waals surface area contributed by atoms with Crippen molar-refractivity contribution in [2.75, 3.05) is 7.11 Å². The van der Waals surface area contributed by atoms with E-state index < -0.39 is 9.84 Å². The van der Waals surface area contributed by atoms with Gasteiger partial charge in [-0.3, -0.25) is 0 Å². The molecule has 2 saturated heterocycles. The number of amides is 1. The van der Waals surface area contributed by atoms with Gasteiger partial charge in [0.15, 0.2) is 14.9 Å². The minimum Gasteiger partial charge on any atom is -0.487 e. The van der Waals surface area contributed by atoms with Crippen LogP contribution in [0.4, 0.5) is 4.79 Å². The molecule has 1 saturated carbocycles. The zero-order valence-electron chi connectivity index (χ0n) is 20.5. The predicted octanol–water partition coefficient (Wildman–Crippen LogP) is 3.53. The Morgan fingerprint density at radius 3 is 2.31 bits per heavy atom. The number of piperidine rings is 1. The fourth-order valence-electron chi connectivity index (χ4n) is 4.87. The molecule has 12 heteroatoms. The second-order valence-electron chi connectivity index (χ2n) is 9.63. The van der Waals surface area contributed by atoms with E-state index in [0.29, 0.717) is 31.4 Å². The van der Waals surface area contributed by atoms with Gasteiger partial charge in [0.1, 0.15) is 18.2 Å². The van der Waals surface area contributed by atoms with Crippen LogP contribution < -0.4 is 14.2 Å². The van der Waals surface area contributed by atoms with Crippen molar-refractivity contribution in [1.29, 1.82) is 0 Å². The minimum atomic E-state index is -3.38. The molecule has 4 heterocycles. The van der Waals surface area contributed by atoms with E-state index in [4.69, 9.17) is 18.9 Å². The molecule has 3 fully saturated rings. The van der Waals surface area contributed by atoms with Crippen LogP contribution in [0.25, 0.3) is 0 Å². The van der Waals surface area contributed by atoms with Crippen molar-refractivity contribution < 1.29 is 32.2 Å². The summed E-state index contributed by atoms with van der Waals surface area (Å²) in [5.41, 5.74) is 0. The third-order valence-electron chi connectivity index (χ3n) is 6.64. The summed E-state index contributed by atoms with van der Waals surface area (Å²) < 4.78 is 47.7. The van der Waals surface area contributed by atoms with Crippen molar-refractivity contribution >= 4 is 15.9 Å². The number of sulfone groups is 1. The fraction of sp³-hybridized carbons (Fsp3) is 0.583. The predicted molar refractivity (Wildman–Crippen MR) is 127 cm³/mol. The third-order valence-corrected chi connectivity index (χ3v) is 8.81. The fourth-order valence-corrected chi connectivity index (χ4v) is 6.43. The molecule has 0 N–H and O–H groups in total. The number of carbonyl (C=O) groups excluding carboxylic acids is 1. The van der Waals surface area contributed by atoms with Crippen molar-refractivity contribution in [2.45, 2.75) is 86.9 Å². The van der Waals surface area contributed by atoms with Gasteiger partial charge in [0, 0.05) is 24.9 Å². The first kappa shape index (κ1) is 24.5. The Kier molecular flexibility index (Phi) is 6.62. The van der Waals surface area contributed by atoms with Crippen LogP contribution in [-0.4, -0.2) is 71.0 Å². The second kappa shape index (κ2) is 9.72. The SMILES string of the molecule is COc1c(Oc2ccc(S(=O)(=O)C3CC3)nc2)ncnc1OC1CC2CC[C@@H](C1)N2C(=O)OC(C)C. The quantitative estimate of drug-likeness (QED) is 0.511. The highest BCUT2D eigenvalue weighted by Gasteiger charge is 2.45. The largest absolute Gasteiger partial charge is 0.487 e. The number of aromatic nitrogens is 3. The van der Waals surface area contributed by atoms with Crippen LogP contribution in [0.2, 0.25) is 0 Å². The normalized spacial score (nSPS) is 23.4. The second-order valence-corrected chi connectivity index (χ2v) is 11.8. The molecule has 0 radical (unpaired) electrons. The average molecular weight is 519 g/mol. The molecular weight excluding hydrogens is 488 g/mol. The Morgan fingerprint density at radius 2 is 1.72 bits per heavy atom. The molecule has 3 aliphatic rings. The molecule has 0 aromatic carbocycles. The minimum absolute atomic E-state index is 0.0364. The number of pyridine rings is 1. The van der Waals surface area contributed by atoms with Crippen LogP contribution in [0.3, 0.4) is 0 Å². The number of methoxy groups -OCH3 is 1. The van der Waals surface area contributed by atoms with Crippen LogP contribution in [0.15, 0.2) is 29.7 Å². The van der Waals surface area contributed by atoms with Gasteiger partial charge in [0.05, 0.1) is 24.7 Å². The molecule has 5 rings (SSSR count). The first-order chi connectivity index (χ1) is 17.3. The number of carbonyl (C=O) groups is 1. The van der Waals surface area contributed by atoms with Crippen molar-refractivity contribution in [3.8, 4) is 23.3 Å². The Labute approximate surface area is 210 Å². The van der Waals surface area contributed by atoms with Crippen LogP contribution in [0.1, 0.15) is 52.4 Å². The van der Waals surface area contributed by atoms with Crippen molar-refractivity contribution in [2.24, 2.45) is 0 Å². The van der Waals surface area contributed by atoms with Crippen LogP contribution >= 0.6 is 0 Å². The zero-order chi connectivity index (χ0) is 25.4. The summed E-state index contributed by atoms with van der Waals surface area (Å²) in [5, 5.41) is -0.296. The lowest BCUT2D eigenvalue weighted by atomic mass is 10.0. The molecule has 0 spiro atoms. The number of ether oxygens (including phenoxy) is 4. The van der Waals surface area contributed by atoms with E-state index in [0.717, 1.165) is 12.8 Å². The summed E-state index contributed by atoms with van der Waals surface area (Å²) in [7, 11) is -1.91. The third kappa shape index (κ3) is 4.91. The lowest BCUT2D eigenvalue weighted by molar-refractivity contribution is 0.0201. The summed E-state index contributed by atoms with van der Waals surface area (Å²) in [6, 6.07) is 3.08. The summed E-state index contributed by atoms with van der Waals surface area (Å²) >= 11 is 0. The molecule has 3 atom stereocenters. The summed E-state index contributed by atoms with van der Waals surface area (Å²) in [5.74, 6) is 0.901. The number of fused-ring (bicyclic) bond motifs is 2. The number of nitrogens with zero attached hydrogens (tertiary/aromatic N) is 4. The van der Waals surface area contributed by atoms with E-state index in [2.05, 4.69) is 15.0 Å². The summed E-state index contributed by atoms with van der Waals surface area (Å²) in [6.45, 7) is 3.69. The molecule has 1 amide bonds. The maximum Gasteiger partial charge on any atom is 0.410 e. The molecule has 36 heavy (non-hydrogen) atoms. The highest BCUT2D eigenvalue weighted by atomic mass is 32.2. The molecule has 2 bridgehead atoms. The Morgan fingerprint density at radius 1 is 1.03 bits per heavy atom. The van der Waals surface area contributed by atoms with Crippen molar-refractivity contribution in [3.05, 3.63) is 24.7 Å². The zero-order valence-corrected chi connectivity index (χ0v) is 21.3. The van der Waals surface area contributed by atoms with Crippen molar-refractivity contribution in [3.63, 3.8) is 0 Å². The summed E-state index contributed by atoms with van der Waals surface area (Å²) in [4.78, 5) is 26.9. The molecule has 1 aliphatic carbocycles. The van der Waals surface area contributed by atoms with Gasteiger partial charge < -0.3 is 23.8 Å². The van der Waals surface area contributed by atoms with Crippen molar-refractivity contribution in [1.82, 2.24) is 19.9 Å². The Balaban J connectivity index is 1.27. The number of hydrogen-bond donors (Lipinski definition) is 0. The van der Waals surface area contributed by atoms with Crippen LogP contribution in [-0.2, 0) is 14.6 Å². The first-order valence-electron chi connectivity index (χ1n) is 12.2. The van der Waals surface area contributed by atoms with E-state index in [9.17, 15) is 13.2 Å². The topological polar surface area (TPSA) is 130 Å². The Hall–Kier alpha value is -3.15. The molecular formula is C24H30N4O7S. The van der Waals surface area contributed by atoms with E-state index in [-0.39, 0.29) is 58.2 Å². The standard InChI is InChI=1S/C24H30N4O7S/c1-14(2)33-24(29)28-15-4-5-16(28)11-18(10-15)35-23-21(32-3)22(26-13-27-23)34-17-6-9-20(25-12-17)36(30,31)19-7-8-19/h6,9,12-16,18-19H,4-5,7-8,10-11H2,1-3H3/t15-,16?,18?/m0/s1. The monoisotopic (exact) mass is 518 g/mol.